The Morgan fingerprint density at radius 3 is 2.62 bits per heavy atom. The normalized spacial score (nSPS) is 17.0. The average molecular weight is 565 g/mol. The number of imidazole rings is 1. The molecule has 2 aliphatic heterocycles. The lowest BCUT2D eigenvalue weighted by molar-refractivity contribution is 0.0944. The number of benzene rings is 2. The summed E-state index contributed by atoms with van der Waals surface area (Å²) in [5, 5.41) is 4.77. The van der Waals surface area contributed by atoms with Gasteiger partial charge in [-0.2, -0.15) is 0 Å². The summed E-state index contributed by atoms with van der Waals surface area (Å²) in [5.74, 6) is 2.77. The minimum absolute atomic E-state index is 0.213. The van der Waals surface area contributed by atoms with Gasteiger partial charge in [-0.1, -0.05) is 35.3 Å². The summed E-state index contributed by atoms with van der Waals surface area (Å²) in [4.78, 5) is 12.1. The van der Waals surface area contributed by atoms with Crippen LogP contribution in [0.3, 0.4) is 0 Å². The molecule has 2 aromatic carbocycles. The summed E-state index contributed by atoms with van der Waals surface area (Å²) in [6.45, 7) is 8.28. The number of fused-ring (bicyclic) bond motifs is 1. The molecule has 0 spiro atoms. The SMILES string of the molecule is Cc1ccc2nc(CN3CCC(Oc4ccnc(CCc5ccc(Cl)cc5Cl)c4)CC3)n(CC3CNC3)c2c1. The molecule has 6 nitrogen and oxygen atoms in total. The fourth-order valence-corrected chi connectivity index (χ4v) is 6.08. The summed E-state index contributed by atoms with van der Waals surface area (Å²) in [7, 11) is 0. The second kappa shape index (κ2) is 11.8. The first-order valence-corrected chi connectivity index (χ1v) is 14.7. The minimum Gasteiger partial charge on any atom is -0.490 e. The maximum absolute atomic E-state index is 6.41. The first-order chi connectivity index (χ1) is 19.0. The molecule has 6 rings (SSSR count). The highest BCUT2D eigenvalue weighted by atomic mass is 35.5. The number of hydrogen-bond donors (Lipinski definition) is 1. The van der Waals surface area contributed by atoms with E-state index >= 15 is 0 Å². The number of hydrogen-bond acceptors (Lipinski definition) is 5. The number of pyridine rings is 1. The number of ether oxygens (including phenoxy) is 1. The van der Waals surface area contributed by atoms with Gasteiger partial charge < -0.3 is 14.6 Å². The molecule has 8 heteroatoms. The molecule has 2 aliphatic rings. The number of nitrogens with one attached hydrogen (secondary N) is 1. The Hall–Kier alpha value is -2.64. The lowest BCUT2D eigenvalue weighted by Crippen LogP contribution is -2.44. The summed E-state index contributed by atoms with van der Waals surface area (Å²) < 4.78 is 8.87. The van der Waals surface area contributed by atoms with Crippen molar-refractivity contribution in [3.05, 3.63) is 87.4 Å². The van der Waals surface area contributed by atoms with Gasteiger partial charge in [0.1, 0.15) is 17.7 Å². The minimum atomic E-state index is 0.213. The lowest BCUT2D eigenvalue weighted by atomic mass is 10.0. The number of halogens is 2. The second-order valence-electron chi connectivity index (χ2n) is 11.0. The summed E-state index contributed by atoms with van der Waals surface area (Å²) in [6, 6.07) is 16.3. The molecule has 2 fully saturated rings. The molecule has 0 atom stereocenters. The molecule has 39 heavy (non-hydrogen) atoms. The van der Waals surface area contributed by atoms with Gasteiger partial charge >= 0.3 is 0 Å². The maximum Gasteiger partial charge on any atom is 0.124 e. The molecular weight excluding hydrogens is 529 g/mol. The number of likely N-dealkylation sites (tertiary alicyclic amines) is 1. The average Bonchev–Trinajstić information content (AvgIpc) is 3.23. The third-order valence-corrected chi connectivity index (χ3v) is 8.53. The van der Waals surface area contributed by atoms with Crippen molar-refractivity contribution in [3.8, 4) is 5.75 Å². The van der Waals surface area contributed by atoms with E-state index in [1.54, 1.807) is 6.07 Å². The van der Waals surface area contributed by atoms with Crippen LogP contribution in [-0.4, -0.2) is 51.7 Å². The van der Waals surface area contributed by atoms with E-state index in [-0.39, 0.29) is 6.10 Å². The number of nitrogens with zero attached hydrogens (tertiary/aromatic N) is 4. The zero-order valence-corrected chi connectivity index (χ0v) is 23.9. The monoisotopic (exact) mass is 563 g/mol. The lowest BCUT2D eigenvalue weighted by Gasteiger charge is -2.33. The molecule has 2 aromatic heterocycles. The van der Waals surface area contributed by atoms with Crippen molar-refractivity contribution in [3.63, 3.8) is 0 Å². The quantitative estimate of drug-likeness (QED) is 0.267. The van der Waals surface area contributed by atoms with Crippen LogP contribution in [0.5, 0.6) is 5.75 Å². The van der Waals surface area contributed by atoms with Gasteiger partial charge in [0.15, 0.2) is 0 Å². The van der Waals surface area contributed by atoms with Gasteiger partial charge in [-0.25, -0.2) is 4.98 Å². The summed E-state index contributed by atoms with van der Waals surface area (Å²) in [5.41, 5.74) is 5.74. The van der Waals surface area contributed by atoms with Crippen molar-refractivity contribution in [2.45, 2.75) is 51.8 Å². The van der Waals surface area contributed by atoms with Crippen molar-refractivity contribution < 1.29 is 4.74 Å². The first kappa shape index (κ1) is 26.6. The smallest absolute Gasteiger partial charge is 0.124 e. The van der Waals surface area contributed by atoms with E-state index in [4.69, 9.17) is 32.9 Å². The molecule has 0 unspecified atom stereocenters. The Labute approximate surface area is 240 Å². The molecule has 0 aliphatic carbocycles. The predicted molar refractivity (Wildman–Crippen MR) is 158 cm³/mol. The van der Waals surface area contributed by atoms with Gasteiger partial charge in [0.2, 0.25) is 0 Å². The van der Waals surface area contributed by atoms with E-state index in [1.165, 1.54) is 16.9 Å². The molecular formula is C31H35Cl2N5O. The number of aromatic nitrogens is 3. The fourth-order valence-electron chi connectivity index (χ4n) is 5.57. The number of aryl methyl sites for hydroxylation is 3. The predicted octanol–water partition coefficient (Wildman–Crippen LogP) is 6.09. The molecule has 1 N–H and O–H groups in total. The van der Waals surface area contributed by atoms with Crippen LogP contribution in [0.2, 0.25) is 10.0 Å². The Morgan fingerprint density at radius 2 is 1.85 bits per heavy atom. The van der Waals surface area contributed by atoms with Crippen LogP contribution in [-0.2, 0) is 25.9 Å². The van der Waals surface area contributed by atoms with Gasteiger partial charge in [0.05, 0.1) is 17.6 Å². The molecule has 0 bridgehead atoms. The molecule has 0 radical (unpaired) electrons. The second-order valence-corrected chi connectivity index (χ2v) is 11.8. The van der Waals surface area contributed by atoms with Crippen molar-refractivity contribution in [1.82, 2.24) is 24.8 Å². The highest BCUT2D eigenvalue weighted by Crippen LogP contribution is 2.26. The largest absolute Gasteiger partial charge is 0.490 e. The molecule has 4 aromatic rings. The van der Waals surface area contributed by atoms with E-state index < -0.39 is 0 Å². The molecule has 4 heterocycles. The highest BCUT2D eigenvalue weighted by molar-refractivity contribution is 6.35. The van der Waals surface area contributed by atoms with Crippen LogP contribution in [0.1, 0.15) is 35.5 Å². The van der Waals surface area contributed by atoms with Crippen molar-refractivity contribution in [1.29, 1.82) is 0 Å². The zero-order chi connectivity index (χ0) is 26.8. The Morgan fingerprint density at radius 1 is 1.00 bits per heavy atom. The van der Waals surface area contributed by atoms with Gasteiger partial charge in [0, 0.05) is 66.6 Å². The van der Waals surface area contributed by atoms with Crippen LogP contribution >= 0.6 is 23.2 Å². The Bertz CT molecular complexity index is 1440. The van der Waals surface area contributed by atoms with Gasteiger partial charge in [-0.3, -0.25) is 9.88 Å². The van der Waals surface area contributed by atoms with Gasteiger partial charge in [-0.05, 0) is 74.1 Å². The van der Waals surface area contributed by atoms with E-state index in [0.29, 0.717) is 16.0 Å². The van der Waals surface area contributed by atoms with E-state index in [2.05, 4.69) is 51.0 Å². The van der Waals surface area contributed by atoms with E-state index in [9.17, 15) is 0 Å². The van der Waals surface area contributed by atoms with E-state index in [0.717, 1.165) is 87.5 Å². The number of rotatable bonds is 9. The number of piperidine rings is 1. The van der Waals surface area contributed by atoms with Crippen molar-refractivity contribution in [2.75, 3.05) is 26.2 Å². The van der Waals surface area contributed by atoms with Crippen LogP contribution in [0, 0.1) is 12.8 Å². The van der Waals surface area contributed by atoms with E-state index in [1.807, 2.05) is 24.4 Å². The third-order valence-electron chi connectivity index (χ3n) is 7.95. The first-order valence-electron chi connectivity index (χ1n) is 13.9. The van der Waals surface area contributed by atoms with Crippen LogP contribution in [0.4, 0.5) is 0 Å². The van der Waals surface area contributed by atoms with Crippen molar-refractivity contribution >= 4 is 34.2 Å². The van der Waals surface area contributed by atoms with Gasteiger partial charge in [-0.15, -0.1) is 0 Å². The van der Waals surface area contributed by atoms with Crippen LogP contribution in [0.25, 0.3) is 11.0 Å². The maximum atomic E-state index is 6.41. The van der Waals surface area contributed by atoms with Gasteiger partial charge in [0.25, 0.3) is 0 Å². The Balaban J connectivity index is 1.05. The van der Waals surface area contributed by atoms with Crippen molar-refractivity contribution in [2.24, 2.45) is 5.92 Å². The standard InChI is InChI=1S/C31H35Cl2N5O/c1-21-2-7-29-30(14-21)38(19-22-17-34-18-22)31(36-29)20-37-12-9-26(10-13-37)39-27-8-11-35-25(16-27)6-4-23-3-5-24(32)15-28(23)33/h2-3,5,7-8,11,14-16,22,26,34H,4,6,9-10,12-13,17-20H2,1H3. The summed E-state index contributed by atoms with van der Waals surface area (Å²) >= 11 is 12.4. The third kappa shape index (κ3) is 6.41. The molecule has 2 saturated heterocycles. The highest BCUT2D eigenvalue weighted by Gasteiger charge is 2.25. The molecule has 0 amide bonds. The summed E-state index contributed by atoms with van der Waals surface area (Å²) in [6.07, 6.45) is 5.67. The zero-order valence-electron chi connectivity index (χ0n) is 22.4. The molecule has 204 valence electrons. The Kier molecular flexibility index (Phi) is 8.07. The topological polar surface area (TPSA) is 55.2 Å². The fraction of sp³-hybridized carbons (Fsp3) is 0.419. The molecule has 0 saturated carbocycles. The van der Waals surface area contributed by atoms with Crippen LogP contribution < -0.4 is 10.1 Å². The van der Waals surface area contributed by atoms with Crippen LogP contribution in [0.15, 0.2) is 54.7 Å².